The Hall–Kier alpha value is -2.93. The van der Waals surface area contributed by atoms with Crippen molar-refractivity contribution in [1.82, 2.24) is 0 Å². The summed E-state index contributed by atoms with van der Waals surface area (Å²) in [4.78, 5) is 26.3. The topological polar surface area (TPSA) is 67.9 Å². The van der Waals surface area contributed by atoms with E-state index in [1.807, 2.05) is 6.07 Å². The van der Waals surface area contributed by atoms with E-state index in [9.17, 15) is 14.0 Å². The van der Waals surface area contributed by atoms with Gasteiger partial charge in [-0.1, -0.05) is 18.2 Å². The van der Waals surface area contributed by atoms with Crippen molar-refractivity contribution in [3.05, 3.63) is 54.3 Å². The van der Waals surface area contributed by atoms with Crippen LogP contribution in [0.15, 0.2) is 48.5 Å². The van der Waals surface area contributed by atoms with Crippen LogP contribution in [0.3, 0.4) is 0 Å². The van der Waals surface area contributed by atoms with Gasteiger partial charge in [0.05, 0.1) is 17.7 Å². The van der Waals surface area contributed by atoms with Crippen molar-refractivity contribution in [1.29, 1.82) is 0 Å². The monoisotopic (exact) mass is 398 g/mol. The van der Waals surface area contributed by atoms with E-state index in [4.69, 9.17) is 9.47 Å². The molecule has 0 unspecified atom stereocenters. The van der Waals surface area contributed by atoms with Crippen molar-refractivity contribution in [3.63, 3.8) is 0 Å². The lowest BCUT2D eigenvalue weighted by Crippen LogP contribution is -2.28. The summed E-state index contributed by atoms with van der Waals surface area (Å²) in [5.74, 6) is -0.900. The lowest BCUT2D eigenvalue weighted by Gasteiger charge is -2.17. The molecule has 0 saturated carbocycles. The molecule has 6 nitrogen and oxygen atoms in total. The van der Waals surface area contributed by atoms with Gasteiger partial charge in [0, 0.05) is 31.3 Å². The highest BCUT2D eigenvalue weighted by molar-refractivity contribution is 6.03. The van der Waals surface area contributed by atoms with Gasteiger partial charge in [-0.15, -0.1) is 0 Å². The maximum absolute atomic E-state index is 14.0. The Labute approximate surface area is 168 Å². The average molecular weight is 398 g/mol. The fourth-order valence-electron chi connectivity index (χ4n) is 3.66. The molecule has 152 valence electrons. The van der Waals surface area contributed by atoms with Crippen molar-refractivity contribution in [2.75, 3.05) is 30.0 Å². The summed E-state index contributed by atoms with van der Waals surface area (Å²) in [6.07, 6.45) is 2.20. The molecule has 2 saturated heterocycles. The standard InChI is InChI=1S/C22H23FN2O4/c23-19-8-1-2-9-20(19)25-13-15(11-21(25)26)22(27)24-16-5-3-6-17(12-16)29-14-18-7-4-10-28-18/h1-3,5-6,8-9,12,15,18H,4,7,10-11,13-14H2,(H,24,27)/t15-,18+/m1/s1. The number of rotatable bonds is 6. The van der Waals surface area contributed by atoms with Crippen LogP contribution in [-0.2, 0) is 14.3 Å². The number of carbonyl (C=O) groups is 2. The molecular formula is C22H23FN2O4. The second kappa shape index (κ2) is 8.61. The summed E-state index contributed by atoms with van der Waals surface area (Å²) >= 11 is 0. The summed E-state index contributed by atoms with van der Waals surface area (Å²) in [6, 6.07) is 13.2. The molecule has 0 spiro atoms. The first kappa shape index (κ1) is 19.4. The zero-order chi connectivity index (χ0) is 20.2. The molecule has 2 aliphatic rings. The van der Waals surface area contributed by atoms with Gasteiger partial charge in [0.2, 0.25) is 11.8 Å². The van der Waals surface area contributed by atoms with Crippen LogP contribution in [-0.4, -0.2) is 37.7 Å². The number of hydrogen-bond donors (Lipinski definition) is 1. The fourth-order valence-corrected chi connectivity index (χ4v) is 3.66. The van der Waals surface area contributed by atoms with Crippen LogP contribution < -0.4 is 15.0 Å². The molecule has 2 aliphatic heterocycles. The number of amides is 2. The van der Waals surface area contributed by atoms with E-state index in [0.717, 1.165) is 19.4 Å². The van der Waals surface area contributed by atoms with Crippen molar-refractivity contribution in [2.24, 2.45) is 5.92 Å². The molecule has 0 aromatic heterocycles. The Kier molecular flexibility index (Phi) is 5.76. The number of benzene rings is 2. The molecule has 2 aromatic rings. The van der Waals surface area contributed by atoms with Crippen LogP contribution in [0.1, 0.15) is 19.3 Å². The number of ether oxygens (including phenoxy) is 2. The number of hydrogen-bond acceptors (Lipinski definition) is 4. The smallest absolute Gasteiger partial charge is 0.229 e. The van der Waals surface area contributed by atoms with Gasteiger partial charge in [-0.05, 0) is 37.1 Å². The van der Waals surface area contributed by atoms with Crippen molar-refractivity contribution >= 4 is 23.2 Å². The van der Waals surface area contributed by atoms with E-state index in [1.54, 1.807) is 36.4 Å². The van der Waals surface area contributed by atoms with Gasteiger partial charge in [-0.2, -0.15) is 0 Å². The molecule has 2 aromatic carbocycles. The van der Waals surface area contributed by atoms with Crippen molar-refractivity contribution in [3.8, 4) is 5.75 Å². The minimum Gasteiger partial charge on any atom is -0.491 e. The fraction of sp³-hybridized carbons (Fsp3) is 0.364. The van der Waals surface area contributed by atoms with E-state index in [0.29, 0.717) is 18.0 Å². The van der Waals surface area contributed by atoms with Gasteiger partial charge in [0.25, 0.3) is 0 Å². The number of nitrogens with zero attached hydrogens (tertiary/aromatic N) is 1. The summed E-state index contributed by atoms with van der Waals surface area (Å²) in [5, 5.41) is 2.84. The molecule has 0 radical (unpaired) electrons. The van der Waals surface area contributed by atoms with Gasteiger partial charge < -0.3 is 19.7 Å². The van der Waals surface area contributed by atoms with E-state index in [2.05, 4.69) is 5.32 Å². The maximum atomic E-state index is 14.0. The molecule has 4 rings (SSSR count). The highest BCUT2D eigenvalue weighted by atomic mass is 19.1. The van der Waals surface area contributed by atoms with Crippen molar-refractivity contribution < 1.29 is 23.5 Å². The third kappa shape index (κ3) is 4.56. The zero-order valence-electron chi connectivity index (χ0n) is 16.0. The molecule has 0 aliphatic carbocycles. The highest BCUT2D eigenvalue weighted by Gasteiger charge is 2.36. The highest BCUT2D eigenvalue weighted by Crippen LogP contribution is 2.28. The molecule has 1 N–H and O–H groups in total. The quantitative estimate of drug-likeness (QED) is 0.810. The van der Waals surface area contributed by atoms with Crippen LogP contribution in [0.4, 0.5) is 15.8 Å². The number of nitrogens with one attached hydrogen (secondary N) is 1. The van der Waals surface area contributed by atoms with E-state index in [-0.39, 0.29) is 36.6 Å². The third-order valence-electron chi connectivity index (χ3n) is 5.20. The van der Waals surface area contributed by atoms with Gasteiger partial charge in [-0.3, -0.25) is 9.59 Å². The van der Waals surface area contributed by atoms with E-state index >= 15 is 0 Å². The summed E-state index contributed by atoms with van der Waals surface area (Å²) in [6.45, 7) is 1.40. The van der Waals surface area contributed by atoms with Crippen LogP contribution in [0.2, 0.25) is 0 Å². The van der Waals surface area contributed by atoms with Crippen LogP contribution in [0, 0.1) is 11.7 Å². The second-order valence-corrected chi connectivity index (χ2v) is 7.32. The lowest BCUT2D eigenvalue weighted by molar-refractivity contribution is -0.122. The van der Waals surface area contributed by atoms with Crippen LogP contribution in [0.5, 0.6) is 5.75 Å². The molecule has 2 fully saturated rings. The van der Waals surface area contributed by atoms with Crippen LogP contribution >= 0.6 is 0 Å². The molecular weight excluding hydrogens is 375 g/mol. The van der Waals surface area contributed by atoms with Gasteiger partial charge in [0.15, 0.2) is 0 Å². The maximum Gasteiger partial charge on any atom is 0.229 e. The van der Waals surface area contributed by atoms with Gasteiger partial charge in [0.1, 0.15) is 18.2 Å². The normalized spacial score (nSPS) is 21.4. The summed E-state index contributed by atoms with van der Waals surface area (Å²) in [7, 11) is 0. The molecule has 2 heterocycles. The Morgan fingerprint density at radius 3 is 2.90 bits per heavy atom. The third-order valence-corrected chi connectivity index (χ3v) is 5.20. The minimum atomic E-state index is -0.543. The first-order valence-electron chi connectivity index (χ1n) is 9.80. The average Bonchev–Trinajstić information content (AvgIpc) is 3.37. The number of para-hydroxylation sites is 1. The Morgan fingerprint density at radius 1 is 1.24 bits per heavy atom. The summed E-state index contributed by atoms with van der Waals surface area (Å²) < 4.78 is 25.3. The molecule has 7 heteroatoms. The Bertz CT molecular complexity index is 898. The molecule has 2 atom stereocenters. The van der Waals surface area contributed by atoms with Crippen LogP contribution in [0.25, 0.3) is 0 Å². The van der Waals surface area contributed by atoms with Gasteiger partial charge >= 0.3 is 0 Å². The zero-order valence-corrected chi connectivity index (χ0v) is 16.0. The Balaban J connectivity index is 1.36. The SMILES string of the molecule is O=C(Nc1cccc(OC[C@@H]2CCCO2)c1)[C@@H]1CC(=O)N(c2ccccc2F)C1. The number of anilines is 2. The van der Waals surface area contributed by atoms with Crippen molar-refractivity contribution in [2.45, 2.75) is 25.4 Å². The molecule has 2 amide bonds. The predicted molar refractivity (Wildman–Crippen MR) is 106 cm³/mol. The van der Waals surface area contributed by atoms with Gasteiger partial charge in [-0.25, -0.2) is 4.39 Å². The van der Waals surface area contributed by atoms with E-state index in [1.165, 1.54) is 11.0 Å². The van der Waals surface area contributed by atoms with E-state index < -0.39 is 11.7 Å². The number of carbonyl (C=O) groups excluding carboxylic acids is 2. The molecule has 29 heavy (non-hydrogen) atoms. The minimum absolute atomic E-state index is 0.0510. The molecule has 0 bridgehead atoms. The lowest BCUT2D eigenvalue weighted by atomic mass is 10.1. The first-order chi connectivity index (χ1) is 14.1. The largest absolute Gasteiger partial charge is 0.491 e. The number of halogens is 1. The first-order valence-corrected chi connectivity index (χ1v) is 9.80. The second-order valence-electron chi connectivity index (χ2n) is 7.32. The predicted octanol–water partition coefficient (Wildman–Crippen LogP) is 3.38. The Morgan fingerprint density at radius 2 is 2.10 bits per heavy atom. The summed E-state index contributed by atoms with van der Waals surface area (Å²) in [5.41, 5.74) is 0.800.